The largest absolute Gasteiger partial charge is 0.348 e. The van der Waals surface area contributed by atoms with E-state index in [1.54, 1.807) is 62.4 Å². The van der Waals surface area contributed by atoms with Crippen LogP contribution in [0, 0.1) is 0 Å². The molecule has 2 aromatic carbocycles. The van der Waals surface area contributed by atoms with E-state index in [9.17, 15) is 18.0 Å². The van der Waals surface area contributed by atoms with Crippen LogP contribution >= 0.6 is 0 Å². The lowest BCUT2D eigenvalue weighted by Crippen LogP contribution is -2.34. The SMILES string of the molecule is CCN(CC)S(=O)(=O)c1ccc(CNC(=O)c2cccc(NC(=O)NC(C)C)c2)cc1. The first-order valence-corrected chi connectivity index (χ1v) is 11.7. The highest BCUT2D eigenvalue weighted by molar-refractivity contribution is 7.89. The quantitative estimate of drug-likeness (QED) is 0.550. The first-order chi connectivity index (χ1) is 14.7. The van der Waals surface area contributed by atoms with Gasteiger partial charge in [0.15, 0.2) is 0 Å². The molecule has 3 N–H and O–H groups in total. The fourth-order valence-corrected chi connectivity index (χ4v) is 4.40. The number of hydrogen-bond acceptors (Lipinski definition) is 4. The van der Waals surface area contributed by atoms with E-state index in [0.29, 0.717) is 24.3 Å². The second-order valence-electron chi connectivity index (χ2n) is 7.25. The molecule has 0 aliphatic rings. The Labute approximate surface area is 184 Å². The second-order valence-corrected chi connectivity index (χ2v) is 9.19. The van der Waals surface area contributed by atoms with Crippen molar-refractivity contribution in [3.05, 3.63) is 59.7 Å². The smallest absolute Gasteiger partial charge is 0.319 e. The van der Waals surface area contributed by atoms with Crippen LogP contribution in [0.5, 0.6) is 0 Å². The zero-order valence-electron chi connectivity index (χ0n) is 18.3. The lowest BCUT2D eigenvalue weighted by atomic mass is 10.1. The Hall–Kier alpha value is -2.91. The number of benzene rings is 2. The molecule has 8 nitrogen and oxygen atoms in total. The van der Waals surface area contributed by atoms with Gasteiger partial charge in [0.1, 0.15) is 0 Å². The zero-order valence-corrected chi connectivity index (χ0v) is 19.1. The van der Waals surface area contributed by atoms with Crippen LogP contribution in [0.4, 0.5) is 10.5 Å². The second kappa shape index (κ2) is 10.9. The van der Waals surface area contributed by atoms with Crippen molar-refractivity contribution < 1.29 is 18.0 Å². The molecule has 0 radical (unpaired) electrons. The Morgan fingerprint density at radius 2 is 1.65 bits per heavy atom. The first-order valence-electron chi connectivity index (χ1n) is 10.2. The van der Waals surface area contributed by atoms with Gasteiger partial charge in [-0.15, -0.1) is 0 Å². The lowest BCUT2D eigenvalue weighted by Gasteiger charge is -2.18. The van der Waals surface area contributed by atoms with Crippen LogP contribution in [0.25, 0.3) is 0 Å². The molecule has 0 fully saturated rings. The molecule has 168 valence electrons. The van der Waals surface area contributed by atoms with Gasteiger partial charge in [-0.1, -0.05) is 32.0 Å². The Morgan fingerprint density at radius 3 is 2.23 bits per heavy atom. The molecular weight excluding hydrogens is 416 g/mol. The van der Waals surface area contributed by atoms with Gasteiger partial charge in [0.25, 0.3) is 5.91 Å². The van der Waals surface area contributed by atoms with Gasteiger partial charge in [-0.3, -0.25) is 4.79 Å². The molecule has 2 aromatic rings. The predicted octanol–water partition coefficient (Wildman–Crippen LogP) is 3.18. The molecule has 3 amide bonds. The fraction of sp³-hybridized carbons (Fsp3) is 0.364. The Morgan fingerprint density at radius 1 is 1.00 bits per heavy atom. The van der Waals surface area contributed by atoms with Crippen LogP contribution in [0.1, 0.15) is 43.6 Å². The topological polar surface area (TPSA) is 108 Å². The van der Waals surface area contributed by atoms with E-state index in [-0.39, 0.29) is 29.4 Å². The van der Waals surface area contributed by atoms with Crippen LogP contribution in [0.3, 0.4) is 0 Å². The zero-order chi connectivity index (χ0) is 23.0. The monoisotopic (exact) mass is 446 g/mol. The third-order valence-corrected chi connectivity index (χ3v) is 6.59. The van der Waals surface area contributed by atoms with E-state index in [4.69, 9.17) is 0 Å². The normalized spacial score (nSPS) is 11.4. The summed E-state index contributed by atoms with van der Waals surface area (Å²) in [5.41, 5.74) is 1.69. The van der Waals surface area contributed by atoms with E-state index in [1.165, 1.54) is 4.31 Å². The Bertz CT molecular complexity index is 1000. The van der Waals surface area contributed by atoms with Gasteiger partial charge in [0, 0.05) is 36.9 Å². The van der Waals surface area contributed by atoms with Crippen molar-refractivity contribution in [2.24, 2.45) is 0 Å². The number of carbonyl (C=O) groups is 2. The summed E-state index contributed by atoms with van der Waals surface area (Å²) in [6.45, 7) is 8.37. The molecule has 0 aliphatic heterocycles. The molecular formula is C22H30N4O4S. The molecule has 0 aliphatic carbocycles. The summed E-state index contributed by atoms with van der Waals surface area (Å²) >= 11 is 0. The van der Waals surface area contributed by atoms with Crippen molar-refractivity contribution in [2.45, 2.75) is 45.2 Å². The maximum absolute atomic E-state index is 12.5. The van der Waals surface area contributed by atoms with Gasteiger partial charge in [-0.25, -0.2) is 13.2 Å². The van der Waals surface area contributed by atoms with Gasteiger partial charge in [-0.2, -0.15) is 4.31 Å². The summed E-state index contributed by atoms with van der Waals surface area (Å²) in [7, 11) is -3.51. The molecule has 31 heavy (non-hydrogen) atoms. The summed E-state index contributed by atoms with van der Waals surface area (Å²) in [6, 6.07) is 12.8. The summed E-state index contributed by atoms with van der Waals surface area (Å²) in [4.78, 5) is 24.5. The van der Waals surface area contributed by atoms with Crippen LogP contribution in [-0.4, -0.2) is 43.8 Å². The number of urea groups is 1. The molecule has 0 saturated carbocycles. The van der Waals surface area contributed by atoms with Crippen molar-refractivity contribution in [3.63, 3.8) is 0 Å². The molecule has 0 aromatic heterocycles. The fourth-order valence-electron chi connectivity index (χ4n) is 2.94. The molecule has 0 unspecified atom stereocenters. The molecule has 0 atom stereocenters. The highest BCUT2D eigenvalue weighted by atomic mass is 32.2. The van der Waals surface area contributed by atoms with Crippen molar-refractivity contribution in [1.82, 2.24) is 14.9 Å². The van der Waals surface area contributed by atoms with E-state index in [0.717, 1.165) is 5.56 Å². The molecule has 2 rings (SSSR count). The van der Waals surface area contributed by atoms with E-state index in [1.807, 2.05) is 13.8 Å². The first kappa shape index (κ1) is 24.4. The van der Waals surface area contributed by atoms with Crippen molar-refractivity contribution in [2.75, 3.05) is 18.4 Å². The Kier molecular flexibility index (Phi) is 8.58. The molecule has 0 spiro atoms. The van der Waals surface area contributed by atoms with Crippen molar-refractivity contribution in [3.8, 4) is 0 Å². The van der Waals surface area contributed by atoms with Crippen molar-refractivity contribution in [1.29, 1.82) is 0 Å². The summed E-state index contributed by atoms with van der Waals surface area (Å²) in [5, 5.41) is 8.21. The maximum atomic E-state index is 12.5. The van der Waals surface area contributed by atoms with Gasteiger partial charge >= 0.3 is 6.03 Å². The molecule has 0 saturated heterocycles. The highest BCUT2D eigenvalue weighted by Gasteiger charge is 2.21. The van der Waals surface area contributed by atoms with Crippen molar-refractivity contribution >= 4 is 27.6 Å². The minimum absolute atomic E-state index is 0.000115. The average molecular weight is 447 g/mol. The number of sulfonamides is 1. The van der Waals surface area contributed by atoms with Crippen LogP contribution < -0.4 is 16.0 Å². The minimum atomic E-state index is -3.51. The summed E-state index contributed by atoms with van der Waals surface area (Å²) in [6.07, 6.45) is 0. The molecule has 0 bridgehead atoms. The van der Waals surface area contributed by atoms with E-state index < -0.39 is 10.0 Å². The maximum Gasteiger partial charge on any atom is 0.319 e. The van der Waals surface area contributed by atoms with Crippen LogP contribution in [0.15, 0.2) is 53.4 Å². The molecule has 9 heteroatoms. The van der Waals surface area contributed by atoms with Gasteiger partial charge in [0.2, 0.25) is 10.0 Å². The number of nitrogens with one attached hydrogen (secondary N) is 3. The third kappa shape index (κ3) is 6.80. The number of rotatable bonds is 9. The number of nitrogens with zero attached hydrogens (tertiary/aromatic N) is 1. The minimum Gasteiger partial charge on any atom is -0.348 e. The summed E-state index contributed by atoms with van der Waals surface area (Å²) < 4.78 is 26.5. The van der Waals surface area contributed by atoms with E-state index in [2.05, 4.69) is 16.0 Å². The standard InChI is InChI=1S/C22H30N4O4S/c1-5-26(6-2)31(29,30)20-12-10-17(11-13-20)15-23-21(27)18-8-7-9-19(14-18)25-22(28)24-16(3)4/h7-14,16H,5-6,15H2,1-4H3,(H,23,27)(H2,24,25,28). The highest BCUT2D eigenvalue weighted by Crippen LogP contribution is 2.16. The third-order valence-electron chi connectivity index (χ3n) is 4.52. The molecule has 0 heterocycles. The van der Waals surface area contributed by atoms with Crippen LogP contribution in [-0.2, 0) is 16.6 Å². The average Bonchev–Trinajstić information content (AvgIpc) is 2.72. The van der Waals surface area contributed by atoms with Gasteiger partial charge < -0.3 is 16.0 Å². The number of hydrogen-bond donors (Lipinski definition) is 3. The van der Waals surface area contributed by atoms with Gasteiger partial charge in [0.05, 0.1) is 4.90 Å². The number of amides is 3. The number of carbonyl (C=O) groups excluding carboxylic acids is 2. The lowest BCUT2D eigenvalue weighted by molar-refractivity contribution is 0.0951. The van der Waals surface area contributed by atoms with Gasteiger partial charge in [-0.05, 0) is 49.7 Å². The Balaban J connectivity index is 2.00. The van der Waals surface area contributed by atoms with Crippen LogP contribution in [0.2, 0.25) is 0 Å². The predicted molar refractivity (Wildman–Crippen MR) is 121 cm³/mol. The summed E-state index contributed by atoms with van der Waals surface area (Å²) in [5.74, 6) is -0.298. The van der Waals surface area contributed by atoms with E-state index >= 15 is 0 Å². The number of anilines is 1.